The molecule has 0 aliphatic rings. The Morgan fingerprint density at radius 3 is 2.60 bits per heavy atom. The Bertz CT molecular complexity index is 1080. The summed E-state index contributed by atoms with van der Waals surface area (Å²) in [6.07, 6.45) is 2.36. The quantitative estimate of drug-likeness (QED) is 0.301. The summed E-state index contributed by atoms with van der Waals surface area (Å²) in [4.78, 5) is 26.6. The van der Waals surface area contributed by atoms with E-state index in [1.54, 1.807) is 18.2 Å². The number of fused-ring (bicyclic) bond motifs is 1. The van der Waals surface area contributed by atoms with E-state index >= 15 is 0 Å². The van der Waals surface area contributed by atoms with Crippen LogP contribution >= 0.6 is 23.2 Å². The number of carbonyl (C=O) groups is 2. The molecule has 3 rings (SSSR count). The van der Waals surface area contributed by atoms with Crippen LogP contribution in [0.1, 0.15) is 36.0 Å². The molecule has 0 fully saturated rings. The van der Waals surface area contributed by atoms with Crippen molar-refractivity contribution in [1.82, 2.24) is 10.3 Å². The van der Waals surface area contributed by atoms with Crippen molar-refractivity contribution in [2.75, 3.05) is 6.54 Å². The van der Waals surface area contributed by atoms with Crippen LogP contribution in [0.5, 0.6) is 5.88 Å². The molecule has 7 nitrogen and oxygen atoms in total. The topological polar surface area (TPSA) is 107 Å². The lowest BCUT2D eigenvalue weighted by atomic mass is 10.2. The number of rotatable bonds is 8. The summed E-state index contributed by atoms with van der Waals surface area (Å²) in [5.74, 6) is -0.746. The number of hydrogen-bond donors (Lipinski definition) is 3. The van der Waals surface area contributed by atoms with Gasteiger partial charge in [0.25, 0.3) is 11.8 Å². The van der Waals surface area contributed by atoms with E-state index in [-0.39, 0.29) is 23.9 Å². The van der Waals surface area contributed by atoms with Gasteiger partial charge in [0.15, 0.2) is 5.69 Å². The number of halogens is 2. The smallest absolute Gasteiger partial charge is 0.264 e. The van der Waals surface area contributed by atoms with Crippen LogP contribution in [0.4, 0.5) is 5.69 Å². The van der Waals surface area contributed by atoms with Crippen molar-refractivity contribution >= 4 is 51.6 Å². The lowest BCUT2D eigenvalue weighted by Gasteiger charge is -2.04. The molecule has 156 valence electrons. The van der Waals surface area contributed by atoms with Crippen molar-refractivity contribution in [2.45, 2.75) is 25.7 Å². The summed E-state index contributed by atoms with van der Waals surface area (Å²) in [5, 5.41) is 21.6. The molecule has 9 heteroatoms. The first-order valence-electron chi connectivity index (χ1n) is 9.43. The molecule has 0 bridgehead atoms. The van der Waals surface area contributed by atoms with Crippen LogP contribution in [-0.2, 0) is 4.79 Å². The molecule has 0 aliphatic heterocycles. The Kier molecular flexibility index (Phi) is 7.43. The minimum absolute atomic E-state index is 0.112. The molecule has 2 amide bonds. The van der Waals surface area contributed by atoms with Gasteiger partial charge in [-0.15, -0.1) is 10.2 Å². The van der Waals surface area contributed by atoms with Gasteiger partial charge in [-0.2, -0.15) is 0 Å². The van der Waals surface area contributed by atoms with E-state index in [9.17, 15) is 14.7 Å². The number of carbonyl (C=O) groups excluding carboxylic acids is 2. The van der Waals surface area contributed by atoms with Gasteiger partial charge in [0.05, 0.1) is 10.5 Å². The average molecular weight is 447 g/mol. The zero-order valence-corrected chi connectivity index (χ0v) is 17.5. The molecule has 1 aromatic heterocycles. The Morgan fingerprint density at radius 2 is 1.83 bits per heavy atom. The van der Waals surface area contributed by atoms with Crippen LogP contribution in [0.2, 0.25) is 10.0 Å². The van der Waals surface area contributed by atoms with Gasteiger partial charge in [-0.05, 0) is 37.1 Å². The number of unbranched alkanes of at least 4 members (excludes halogenated alkanes) is 2. The highest BCUT2D eigenvalue weighted by molar-refractivity contribution is 6.38. The highest BCUT2D eigenvalue weighted by Gasteiger charge is 2.14. The molecule has 0 aliphatic carbocycles. The predicted molar refractivity (Wildman–Crippen MR) is 117 cm³/mol. The normalized spacial score (nSPS) is 11.3. The number of nitrogens with one attached hydrogen (secondary N) is 2. The molecule has 2 aromatic carbocycles. The third-order valence-corrected chi connectivity index (χ3v) is 4.94. The average Bonchev–Trinajstić information content (AvgIpc) is 3.05. The summed E-state index contributed by atoms with van der Waals surface area (Å²) in [5.41, 5.74) is 1.21. The highest BCUT2D eigenvalue weighted by atomic mass is 35.5. The number of benzene rings is 2. The third kappa shape index (κ3) is 5.58. The van der Waals surface area contributed by atoms with E-state index in [0.29, 0.717) is 39.5 Å². The van der Waals surface area contributed by atoms with Gasteiger partial charge >= 0.3 is 0 Å². The van der Waals surface area contributed by atoms with Gasteiger partial charge < -0.3 is 15.4 Å². The summed E-state index contributed by atoms with van der Waals surface area (Å²) in [6.45, 7) is 0.536. The number of azo groups is 1. The zero-order valence-electron chi connectivity index (χ0n) is 16.0. The maximum atomic E-state index is 12.0. The molecule has 0 saturated heterocycles. The van der Waals surface area contributed by atoms with Crippen molar-refractivity contribution in [3.8, 4) is 5.88 Å². The zero-order chi connectivity index (χ0) is 21.5. The fourth-order valence-electron chi connectivity index (χ4n) is 2.92. The van der Waals surface area contributed by atoms with E-state index in [4.69, 9.17) is 23.2 Å². The van der Waals surface area contributed by atoms with E-state index in [0.717, 1.165) is 12.8 Å². The van der Waals surface area contributed by atoms with Crippen LogP contribution < -0.4 is 5.32 Å². The summed E-state index contributed by atoms with van der Waals surface area (Å²) < 4.78 is 0. The van der Waals surface area contributed by atoms with Gasteiger partial charge in [0, 0.05) is 28.9 Å². The lowest BCUT2D eigenvalue weighted by molar-refractivity contribution is -0.118. The number of aromatic amines is 1. The number of aromatic hydroxyl groups is 1. The second-order valence-corrected chi connectivity index (χ2v) is 7.50. The van der Waals surface area contributed by atoms with Crippen molar-refractivity contribution < 1.29 is 14.7 Å². The van der Waals surface area contributed by atoms with Crippen LogP contribution in [0.25, 0.3) is 10.9 Å². The van der Waals surface area contributed by atoms with Gasteiger partial charge in [-0.1, -0.05) is 47.8 Å². The van der Waals surface area contributed by atoms with Crippen molar-refractivity contribution in [3.05, 3.63) is 58.1 Å². The van der Waals surface area contributed by atoms with Crippen molar-refractivity contribution in [2.24, 2.45) is 10.2 Å². The predicted octanol–water partition coefficient (Wildman–Crippen LogP) is 5.78. The van der Waals surface area contributed by atoms with E-state index in [2.05, 4.69) is 20.5 Å². The molecule has 0 radical (unpaired) electrons. The van der Waals surface area contributed by atoms with Gasteiger partial charge in [-0.25, -0.2) is 0 Å². The molecule has 3 aromatic rings. The van der Waals surface area contributed by atoms with Crippen molar-refractivity contribution in [3.63, 3.8) is 0 Å². The molecule has 1 heterocycles. The Balaban J connectivity index is 1.43. The summed E-state index contributed by atoms with van der Waals surface area (Å²) >= 11 is 12.1. The first kappa shape index (κ1) is 21.8. The Hall–Kier alpha value is -2.90. The molecule has 30 heavy (non-hydrogen) atoms. The first-order valence-corrected chi connectivity index (χ1v) is 10.2. The van der Waals surface area contributed by atoms with E-state index in [1.807, 2.05) is 18.2 Å². The minimum Gasteiger partial charge on any atom is -0.493 e. The monoisotopic (exact) mass is 446 g/mol. The van der Waals surface area contributed by atoms with Crippen LogP contribution in [0.15, 0.2) is 52.7 Å². The third-order valence-electron chi connectivity index (χ3n) is 4.43. The number of aromatic nitrogens is 1. The first-order chi connectivity index (χ1) is 14.5. The fraction of sp³-hybridized carbons (Fsp3) is 0.238. The Labute approximate surface area is 183 Å². The molecule has 0 unspecified atom stereocenters. The summed E-state index contributed by atoms with van der Waals surface area (Å²) in [7, 11) is 0. The molecular formula is C21H20Cl2N4O3. The molecule has 0 atom stereocenters. The number of nitrogens with zero attached hydrogens (tertiary/aromatic N) is 2. The highest BCUT2D eigenvalue weighted by Crippen LogP contribution is 2.40. The summed E-state index contributed by atoms with van der Waals surface area (Å²) in [6, 6.07) is 12.1. The largest absolute Gasteiger partial charge is 0.493 e. The molecule has 0 spiro atoms. The minimum atomic E-state index is -0.398. The van der Waals surface area contributed by atoms with E-state index < -0.39 is 5.91 Å². The molecule has 0 saturated carbocycles. The maximum Gasteiger partial charge on any atom is 0.264 e. The Morgan fingerprint density at radius 1 is 1.07 bits per heavy atom. The lowest BCUT2D eigenvalue weighted by Crippen LogP contribution is -2.24. The van der Waals surface area contributed by atoms with Crippen LogP contribution in [-0.4, -0.2) is 28.4 Å². The van der Waals surface area contributed by atoms with E-state index in [1.165, 1.54) is 6.07 Å². The van der Waals surface area contributed by atoms with Gasteiger partial charge in [-0.3, -0.25) is 9.59 Å². The van der Waals surface area contributed by atoms with Gasteiger partial charge in [0.2, 0.25) is 5.88 Å². The number of amides is 2. The van der Waals surface area contributed by atoms with Crippen LogP contribution in [0.3, 0.4) is 0 Å². The number of H-pyrrole nitrogens is 1. The molecular weight excluding hydrogens is 427 g/mol. The SMILES string of the molecule is O=C(CCCCCNC(=O)c1ccccc1)N=Nc1c(O)[nH]c2c(Cl)cc(Cl)cc12. The molecule has 3 N–H and O–H groups in total. The maximum absolute atomic E-state index is 12.0. The fourth-order valence-corrected chi connectivity index (χ4v) is 3.46. The second kappa shape index (κ2) is 10.2. The van der Waals surface area contributed by atoms with Crippen molar-refractivity contribution in [1.29, 1.82) is 0 Å². The number of hydrogen-bond acceptors (Lipinski definition) is 4. The van der Waals surface area contributed by atoms with Gasteiger partial charge in [0.1, 0.15) is 0 Å². The standard InChI is InChI=1S/C21H20Cl2N4O3/c22-14-11-15-18(16(23)12-14)25-21(30)19(15)27-26-17(28)9-5-2-6-10-24-20(29)13-7-3-1-4-8-13/h1,3-4,7-8,11-12,25,30H,2,5-6,9-10H2,(H,24,29). The van der Waals surface area contributed by atoms with Crippen LogP contribution in [0, 0.1) is 0 Å². The second-order valence-electron chi connectivity index (χ2n) is 6.66.